The Bertz CT molecular complexity index is 724. The molecule has 3 rings (SSSR count). The van der Waals surface area contributed by atoms with Gasteiger partial charge in [-0.2, -0.15) is 0 Å². The summed E-state index contributed by atoms with van der Waals surface area (Å²) in [6.45, 7) is 7.54. The Morgan fingerprint density at radius 3 is 2.55 bits per heavy atom. The van der Waals surface area contributed by atoms with E-state index >= 15 is 0 Å². The molecule has 0 spiro atoms. The van der Waals surface area contributed by atoms with Gasteiger partial charge in [0.15, 0.2) is 17.5 Å². The number of carbonyl (C=O) groups excluding carboxylic acids is 1. The molecule has 1 aliphatic carbocycles. The Hall–Kier alpha value is -1.62. The fraction of sp³-hybridized carbons (Fsp3) is 0.636. The molecule has 7 nitrogen and oxygen atoms in total. The molecule has 174 valence electrons. The normalized spacial score (nSPS) is 18.5. The van der Waals surface area contributed by atoms with E-state index in [1.807, 2.05) is 11.8 Å². The Morgan fingerprint density at radius 1 is 1.23 bits per heavy atom. The number of hydrogen-bond acceptors (Lipinski definition) is 4. The third kappa shape index (κ3) is 7.78. The van der Waals surface area contributed by atoms with E-state index in [1.165, 1.54) is 12.5 Å². The van der Waals surface area contributed by atoms with Crippen molar-refractivity contribution in [2.45, 2.75) is 32.3 Å². The van der Waals surface area contributed by atoms with Crippen LogP contribution in [0.4, 0.5) is 4.39 Å². The average molecular weight is 547 g/mol. The Balaban J connectivity index is 0.00000341. The lowest BCUT2D eigenvalue weighted by atomic mass is 9.84. The lowest BCUT2D eigenvalue weighted by Crippen LogP contribution is -2.52. The quantitative estimate of drug-likeness (QED) is 0.297. The van der Waals surface area contributed by atoms with Crippen molar-refractivity contribution >= 4 is 35.8 Å². The number of hydrogen-bond donors (Lipinski definition) is 2. The van der Waals surface area contributed by atoms with Crippen LogP contribution in [0.25, 0.3) is 0 Å². The number of benzene rings is 1. The smallest absolute Gasteiger partial charge is 0.225 e. The Labute approximate surface area is 201 Å². The summed E-state index contributed by atoms with van der Waals surface area (Å²) >= 11 is 0. The lowest BCUT2D eigenvalue weighted by Gasteiger charge is -2.38. The third-order valence-corrected chi connectivity index (χ3v) is 5.80. The van der Waals surface area contributed by atoms with Gasteiger partial charge in [0.2, 0.25) is 5.91 Å². The fourth-order valence-electron chi connectivity index (χ4n) is 3.70. The van der Waals surface area contributed by atoms with E-state index in [0.717, 1.165) is 52.1 Å². The van der Waals surface area contributed by atoms with Crippen LogP contribution < -0.4 is 15.4 Å². The zero-order chi connectivity index (χ0) is 21.3. The zero-order valence-electron chi connectivity index (χ0n) is 18.5. The summed E-state index contributed by atoms with van der Waals surface area (Å²) in [6, 6.07) is 6.41. The highest BCUT2D eigenvalue weighted by atomic mass is 127. The second-order valence-electron chi connectivity index (χ2n) is 8.03. The SMILES string of the molecule is CN=C(NCCN1CCN(C(=O)C2CCC2)CC1)NCC(C)Oc1ccccc1F.I. The van der Waals surface area contributed by atoms with Crippen LogP contribution in [-0.4, -0.2) is 80.6 Å². The first-order valence-electron chi connectivity index (χ1n) is 10.9. The van der Waals surface area contributed by atoms with E-state index in [9.17, 15) is 9.18 Å². The van der Waals surface area contributed by atoms with E-state index in [1.54, 1.807) is 25.2 Å². The highest BCUT2D eigenvalue weighted by Gasteiger charge is 2.30. The molecule has 1 atom stereocenters. The van der Waals surface area contributed by atoms with Crippen molar-refractivity contribution in [1.82, 2.24) is 20.4 Å². The first kappa shape index (κ1) is 25.6. The number of aliphatic imine (C=N–C) groups is 1. The van der Waals surface area contributed by atoms with Gasteiger partial charge in [-0.3, -0.25) is 14.7 Å². The maximum absolute atomic E-state index is 13.7. The van der Waals surface area contributed by atoms with E-state index in [-0.39, 0.29) is 47.6 Å². The van der Waals surface area contributed by atoms with Crippen molar-refractivity contribution in [2.24, 2.45) is 10.9 Å². The first-order chi connectivity index (χ1) is 14.6. The highest BCUT2D eigenvalue weighted by Crippen LogP contribution is 2.28. The second-order valence-corrected chi connectivity index (χ2v) is 8.03. The Kier molecular flexibility index (Phi) is 10.8. The van der Waals surface area contributed by atoms with Crippen LogP contribution in [0.5, 0.6) is 5.75 Å². The molecule has 0 bridgehead atoms. The van der Waals surface area contributed by atoms with Crippen molar-refractivity contribution in [3.63, 3.8) is 0 Å². The number of amides is 1. The molecule has 1 aliphatic heterocycles. The number of piperazine rings is 1. The van der Waals surface area contributed by atoms with Gasteiger partial charge in [-0.1, -0.05) is 18.6 Å². The fourth-order valence-corrected chi connectivity index (χ4v) is 3.70. The summed E-state index contributed by atoms with van der Waals surface area (Å²) in [4.78, 5) is 21.0. The predicted molar refractivity (Wildman–Crippen MR) is 132 cm³/mol. The molecule has 1 saturated heterocycles. The van der Waals surface area contributed by atoms with Gasteiger partial charge in [-0.05, 0) is 31.9 Å². The topological polar surface area (TPSA) is 69.2 Å². The highest BCUT2D eigenvalue weighted by molar-refractivity contribution is 14.0. The van der Waals surface area contributed by atoms with Gasteiger partial charge in [-0.25, -0.2) is 4.39 Å². The van der Waals surface area contributed by atoms with Gasteiger partial charge < -0.3 is 20.3 Å². The largest absolute Gasteiger partial charge is 0.486 e. The van der Waals surface area contributed by atoms with E-state index < -0.39 is 0 Å². The number of para-hydroxylation sites is 1. The number of rotatable bonds is 8. The summed E-state index contributed by atoms with van der Waals surface area (Å²) in [5, 5.41) is 6.52. The molecule has 1 saturated carbocycles. The van der Waals surface area contributed by atoms with Crippen LogP contribution in [0, 0.1) is 11.7 Å². The number of carbonyl (C=O) groups is 1. The molecule has 1 heterocycles. The molecular formula is C22H35FIN5O2. The van der Waals surface area contributed by atoms with Gasteiger partial charge in [0.1, 0.15) is 6.10 Å². The van der Waals surface area contributed by atoms with Crippen LogP contribution in [0.3, 0.4) is 0 Å². The molecule has 0 aromatic heterocycles. The van der Waals surface area contributed by atoms with Crippen LogP contribution in [0.1, 0.15) is 26.2 Å². The molecule has 9 heteroatoms. The minimum atomic E-state index is -0.360. The Morgan fingerprint density at radius 2 is 1.94 bits per heavy atom. The summed E-state index contributed by atoms with van der Waals surface area (Å²) < 4.78 is 19.3. The van der Waals surface area contributed by atoms with E-state index in [0.29, 0.717) is 18.4 Å². The maximum Gasteiger partial charge on any atom is 0.225 e. The molecule has 1 aromatic rings. The minimum absolute atomic E-state index is 0. The maximum atomic E-state index is 13.7. The van der Waals surface area contributed by atoms with Crippen molar-refractivity contribution in [2.75, 3.05) is 52.9 Å². The van der Waals surface area contributed by atoms with Crippen molar-refractivity contribution in [3.8, 4) is 5.75 Å². The van der Waals surface area contributed by atoms with Crippen LogP contribution in [0.15, 0.2) is 29.3 Å². The van der Waals surface area contributed by atoms with Crippen molar-refractivity contribution in [1.29, 1.82) is 0 Å². The monoisotopic (exact) mass is 547 g/mol. The van der Waals surface area contributed by atoms with Gasteiger partial charge in [0.25, 0.3) is 0 Å². The number of nitrogens with one attached hydrogen (secondary N) is 2. The van der Waals surface area contributed by atoms with Crippen LogP contribution in [0.2, 0.25) is 0 Å². The first-order valence-corrected chi connectivity index (χ1v) is 10.9. The summed E-state index contributed by atoms with van der Waals surface area (Å²) in [7, 11) is 1.72. The molecule has 31 heavy (non-hydrogen) atoms. The molecule has 1 amide bonds. The third-order valence-electron chi connectivity index (χ3n) is 5.80. The lowest BCUT2D eigenvalue weighted by molar-refractivity contribution is -0.139. The molecule has 0 radical (unpaired) electrons. The van der Waals surface area contributed by atoms with Gasteiger partial charge >= 0.3 is 0 Å². The minimum Gasteiger partial charge on any atom is -0.486 e. The molecule has 2 aliphatic rings. The predicted octanol–water partition coefficient (Wildman–Crippen LogP) is 2.32. The number of nitrogens with zero attached hydrogens (tertiary/aromatic N) is 3. The summed E-state index contributed by atoms with van der Waals surface area (Å²) in [6.07, 6.45) is 3.13. The van der Waals surface area contributed by atoms with Crippen molar-refractivity contribution in [3.05, 3.63) is 30.1 Å². The van der Waals surface area contributed by atoms with Gasteiger partial charge in [-0.15, -0.1) is 24.0 Å². The average Bonchev–Trinajstić information content (AvgIpc) is 2.71. The van der Waals surface area contributed by atoms with Crippen LogP contribution in [-0.2, 0) is 4.79 Å². The number of guanidine groups is 1. The molecule has 1 aromatic carbocycles. The molecular weight excluding hydrogens is 512 g/mol. The van der Waals surface area contributed by atoms with E-state index in [4.69, 9.17) is 4.74 Å². The van der Waals surface area contributed by atoms with Crippen molar-refractivity contribution < 1.29 is 13.9 Å². The zero-order valence-corrected chi connectivity index (χ0v) is 20.8. The molecule has 1 unspecified atom stereocenters. The molecule has 2 N–H and O–H groups in total. The summed E-state index contributed by atoms with van der Waals surface area (Å²) in [5.74, 6) is 1.23. The summed E-state index contributed by atoms with van der Waals surface area (Å²) in [5.41, 5.74) is 0. The second kappa shape index (κ2) is 13.0. The van der Waals surface area contributed by atoms with Crippen LogP contribution >= 0.6 is 24.0 Å². The molecule has 2 fully saturated rings. The number of ether oxygens (including phenoxy) is 1. The number of halogens is 2. The standard InChI is InChI=1S/C22H34FN5O2.HI/c1-17(30-20-9-4-3-8-19(20)23)16-26-22(24-2)25-10-11-27-12-14-28(15-13-27)21(29)18-6-5-7-18;/h3-4,8-9,17-18H,5-7,10-16H2,1-2H3,(H2,24,25,26);1H. The van der Waals surface area contributed by atoms with E-state index in [2.05, 4.69) is 20.5 Å². The van der Waals surface area contributed by atoms with Gasteiger partial charge in [0, 0.05) is 52.2 Å². The van der Waals surface area contributed by atoms with Gasteiger partial charge in [0.05, 0.1) is 6.54 Å².